The number of rotatable bonds is 7. The van der Waals surface area contributed by atoms with Crippen LogP contribution in [0.5, 0.6) is 5.75 Å². The van der Waals surface area contributed by atoms with Crippen molar-refractivity contribution in [1.82, 2.24) is 15.5 Å². The number of nitrogens with one attached hydrogen (secondary N) is 2. The Morgan fingerprint density at radius 2 is 1.89 bits per heavy atom. The number of nitrogens with zero attached hydrogens (tertiary/aromatic N) is 2. The van der Waals surface area contributed by atoms with Crippen LogP contribution in [0, 0.1) is 17.0 Å². The Kier molecular flexibility index (Phi) is 9.91. The third-order valence-corrected chi connectivity index (χ3v) is 4.79. The van der Waals surface area contributed by atoms with Crippen LogP contribution in [0.3, 0.4) is 0 Å². The molecule has 0 bridgehead atoms. The Morgan fingerprint density at radius 3 is 2.46 bits per heavy atom. The van der Waals surface area contributed by atoms with Gasteiger partial charge in [0.05, 0.1) is 12.0 Å². The van der Waals surface area contributed by atoms with Crippen LogP contribution in [0.25, 0.3) is 0 Å². The van der Waals surface area contributed by atoms with E-state index in [0.717, 1.165) is 37.8 Å². The van der Waals surface area contributed by atoms with E-state index >= 15 is 0 Å². The number of ether oxygens (including phenoxy) is 1. The van der Waals surface area contributed by atoms with E-state index in [2.05, 4.69) is 15.6 Å². The molecule has 1 fully saturated rings. The van der Waals surface area contributed by atoms with Crippen molar-refractivity contribution in [2.45, 2.75) is 25.7 Å². The van der Waals surface area contributed by atoms with E-state index in [0.29, 0.717) is 19.0 Å². The summed E-state index contributed by atoms with van der Waals surface area (Å²) in [6.45, 7) is 1.20. The maximum Gasteiger partial charge on any atom is 0.230 e. The first-order valence-corrected chi connectivity index (χ1v) is 9.12. The molecule has 2 N–H and O–H groups in total. The zero-order valence-electron chi connectivity index (χ0n) is 16.6. The van der Waals surface area contributed by atoms with Crippen molar-refractivity contribution in [3.8, 4) is 5.75 Å². The Morgan fingerprint density at radius 1 is 1.21 bits per heavy atom. The molecule has 0 saturated heterocycles. The van der Waals surface area contributed by atoms with E-state index in [9.17, 15) is 13.6 Å². The number of carbonyl (C=O) groups excluding carboxylic acids is 1. The summed E-state index contributed by atoms with van der Waals surface area (Å²) in [5, 5.41) is 6.33. The first-order chi connectivity index (χ1) is 12.9. The zero-order chi connectivity index (χ0) is 19.9. The summed E-state index contributed by atoms with van der Waals surface area (Å²) in [7, 11) is 5.22. The average Bonchev–Trinajstić information content (AvgIpc) is 3.13. The van der Waals surface area contributed by atoms with Gasteiger partial charge in [-0.1, -0.05) is 12.8 Å². The third-order valence-electron chi connectivity index (χ3n) is 4.79. The highest BCUT2D eigenvalue weighted by molar-refractivity contribution is 14.0. The van der Waals surface area contributed by atoms with Gasteiger partial charge in [0, 0.05) is 33.8 Å². The molecule has 1 aliphatic carbocycles. The molecule has 1 amide bonds. The average molecular weight is 510 g/mol. The van der Waals surface area contributed by atoms with Crippen LogP contribution in [0.15, 0.2) is 23.2 Å². The molecule has 0 aliphatic heterocycles. The molecule has 2 rings (SSSR count). The predicted octanol–water partition coefficient (Wildman–Crippen LogP) is 2.78. The molecule has 0 heterocycles. The van der Waals surface area contributed by atoms with Crippen molar-refractivity contribution in [2.75, 3.05) is 40.8 Å². The number of halogens is 3. The third kappa shape index (κ3) is 6.46. The molecule has 1 saturated carbocycles. The van der Waals surface area contributed by atoms with Crippen molar-refractivity contribution in [3.63, 3.8) is 0 Å². The Bertz CT molecular complexity index is 680. The van der Waals surface area contributed by atoms with Crippen molar-refractivity contribution in [1.29, 1.82) is 0 Å². The van der Waals surface area contributed by atoms with Gasteiger partial charge in [-0.2, -0.15) is 0 Å². The second-order valence-electron chi connectivity index (χ2n) is 6.96. The van der Waals surface area contributed by atoms with E-state index < -0.39 is 11.6 Å². The minimum absolute atomic E-state index is 0. The highest BCUT2D eigenvalue weighted by Crippen LogP contribution is 2.38. The molecule has 158 valence electrons. The van der Waals surface area contributed by atoms with Gasteiger partial charge in [-0.25, -0.2) is 8.78 Å². The molecule has 1 aliphatic rings. The standard InChI is InChI=1S/C19H28F2N4O2.HI/c1-22-18(23-10-11-27-14-6-7-15(20)16(21)12-14)24-13-19(8-4-5-9-19)17(26)25(2)3;/h6-7,12H,4-5,8-11,13H2,1-3H3,(H2,22,23,24);1H. The lowest BCUT2D eigenvalue weighted by Gasteiger charge is -2.31. The summed E-state index contributed by atoms with van der Waals surface area (Å²) in [6, 6.07) is 3.42. The van der Waals surface area contributed by atoms with Crippen LogP contribution < -0.4 is 15.4 Å². The summed E-state index contributed by atoms with van der Waals surface area (Å²) in [5.41, 5.74) is -0.386. The van der Waals surface area contributed by atoms with Gasteiger partial charge in [-0.3, -0.25) is 9.79 Å². The quantitative estimate of drug-likeness (QED) is 0.256. The van der Waals surface area contributed by atoms with Crippen LogP contribution in [-0.2, 0) is 4.79 Å². The first kappa shape index (κ1) is 24.4. The summed E-state index contributed by atoms with van der Waals surface area (Å²) in [4.78, 5) is 18.4. The van der Waals surface area contributed by atoms with Crippen molar-refractivity contribution >= 4 is 35.8 Å². The van der Waals surface area contributed by atoms with Gasteiger partial charge in [-0.05, 0) is 25.0 Å². The molecule has 0 spiro atoms. The minimum Gasteiger partial charge on any atom is -0.492 e. The fourth-order valence-corrected chi connectivity index (χ4v) is 3.37. The highest BCUT2D eigenvalue weighted by Gasteiger charge is 2.42. The molecule has 28 heavy (non-hydrogen) atoms. The molecule has 6 nitrogen and oxygen atoms in total. The molecule has 1 aromatic carbocycles. The minimum atomic E-state index is -0.939. The molecular formula is C19H29F2IN4O2. The van der Waals surface area contributed by atoms with E-state index in [1.54, 1.807) is 26.0 Å². The normalized spacial score (nSPS) is 15.5. The van der Waals surface area contributed by atoms with E-state index in [1.807, 2.05) is 0 Å². The maximum atomic E-state index is 13.1. The fourth-order valence-electron chi connectivity index (χ4n) is 3.37. The summed E-state index contributed by atoms with van der Waals surface area (Å²) in [5.74, 6) is -0.866. The molecule has 0 unspecified atom stereocenters. The van der Waals surface area contributed by atoms with Crippen LogP contribution in [0.4, 0.5) is 8.78 Å². The summed E-state index contributed by atoms with van der Waals surface area (Å²) in [6.07, 6.45) is 3.84. The monoisotopic (exact) mass is 510 g/mol. The second-order valence-corrected chi connectivity index (χ2v) is 6.96. The molecule has 0 atom stereocenters. The van der Waals surface area contributed by atoms with E-state index in [4.69, 9.17) is 4.74 Å². The van der Waals surface area contributed by atoms with Crippen molar-refractivity contribution in [3.05, 3.63) is 29.8 Å². The van der Waals surface area contributed by atoms with Crippen LogP contribution in [0.2, 0.25) is 0 Å². The number of amides is 1. The van der Waals surface area contributed by atoms with Gasteiger partial charge in [0.15, 0.2) is 17.6 Å². The van der Waals surface area contributed by atoms with E-state index in [-0.39, 0.29) is 47.7 Å². The molecule has 0 aromatic heterocycles. The number of hydrogen-bond acceptors (Lipinski definition) is 3. The fraction of sp³-hybridized carbons (Fsp3) is 0.579. The Hall–Kier alpha value is -1.65. The number of hydrogen-bond donors (Lipinski definition) is 2. The highest BCUT2D eigenvalue weighted by atomic mass is 127. The molecule has 9 heteroatoms. The molecule has 0 radical (unpaired) electrons. The summed E-state index contributed by atoms with van der Waals surface area (Å²) >= 11 is 0. The maximum absolute atomic E-state index is 13.1. The van der Waals surface area contributed by atoms with Crippen LogP contribution in [0.1, 0.15) is 25.7 Å². The van der Waals surface area contributed by atoms with Crippen LogP contribution >= 0.6 is 24.0 Å². The van der Waals surface area contributed by atoms with Crippen LogP contribution in [-0.4, -0.2) is 57.6 Å². The Balaban J connectivity index is 0.00000392. The SMILES string of the molecule is CN=C(NCCOc1ccc(F)c(F)c1)NCC1(C(=O)N(C)C)CCCC1.I. The lowest BCUT2D eigenvalue weighted by atomic mass is 9.84. The van der Waals surface area contributed by atoms with Crippen molar-refractivity contribution < 1.29 is 18.3 Å². The molecular weight excluding hydrogens is 481 g/mol. The Labute approximate surface area is 182 Å². The second kappa shape index (κ2) is 11.4. The molecule has 1 aromatic rings. The number of benzene rings is 1. The number of aliphatic imine (C=N–C) groups is 1. The van der Waals surface area contributed by atoms with Gasteiger partial charge < -0.3 is 20.3 Å². The topological polar surface area (TPSA) is 66.0 Å². The summed E-state index contributed by atoms with van der Waals surface area (Å²) < 4.78 is 31.4. The van der Waals surface area contributed by atoms with E-state index in [1.165, 1.54) is 6.07 Å². The zero-order valence-corrected chi connectivity index (χ0v) is 18.9. The smallest absolute Gasteiger partial charge is 0.230 e. The number of guanidine groups is 1. The van der Waals surface area contributed by atoms with Crippen molar-refractivity contribution in [2.24, 2.45) is 10.4 Å². The first-order valence-electron chi connectivity index (χ1n) is 9.12. The van der Waals surface area contributed by atoms with Gasteiger partial charge in [-0.15, -0.1) is 24.0 Å². The largest absolute Gasteiger partial charge is 0.492 e. The number of carbonyl (C=O) groups is 1. The lowest BCUT2D eigenvalue weighted by Crippen LogP contribution is -2.49. The predicted molar refractivity (Wildman–Crippen MR) is 116 cm³/mol. The lowest BCUT2D eigenvalue weighted by molar-refractivity contribution is -0.138. The van der Waals surface area contributed by atoms with Gasteiger partial charge in [0.1, 0.15) is 12.4 Å². The van der Waals surface area contributed by atoms with Gasteiger partial charge in [0.25, 0.3) is 0 Å². The van der Waals surface area contributed by atoms with Gasteiger partial charge >= 0.3 is 0 Å². The van der Waals surface area contributed by atoms with Gasteiger partial charge in [0.2, 0.25) is 5.91 Å².